The number of aryl methyl sites for hydroxylation is 1. The Balaban J connectivity index is 1.80. The van der Waals surface area contributed by atoms with E-state index >= 15 is 0 Å². The number of fused-ring (bicyclic) bond motifs is 3. The predicted octanol–water partition coefficient (Wildman–Crippen LogP) is 5.60. The molecule has 0 bridgehead atoms. The molecule has 0 N–H and O–H groups in total. The number of rotatable bonds is 2. The Kier molecular flexibility index (Phi) is 3.75. The Morgan fingerprint density at radius 1 is 0.846 bits per heavy atom. The van der Waals surface area contributed by atoms with Crippen molar-refractivity contribution < 1.29 is 0 Å². The Morgan fingerprint density at radius 2 is 1.62 bits per heavy atom. The molecule has 0 saturated carbocycles. The van der Waals surface area contributed by atoms with Gasteiger partial charge in [-0.25, -0.2) is 9.50 Å². The van der Waals surface area contributed by atoms with Gasteiger partial charge in [0, 0.05) is 27.4 Å². The van der Waals surface area contributed by atoms with Gasteiger partial charge in [-0.15, -0.1) is 0 Å². The standard InChI is InChI=1S/C22H18ClN3/c23-17-12-10-16(11-13-17)21-18-8-4-5-9-20(18)26-22(25-21)19(14-24-26)15-6-2-1-3-7-15/h1-3,6-7,10-14H,4-5,8-9H2. The van der Waals surface area contributed by atoms with E-state index in [0.717, 1.165) is 45.9 Å². The third-order valence-corrected chi connectivity index (χ3v) is 5.40. The first-order valence-corrected chi connectivity index (χ1v) is 9.40. The molecule has 1 aliphatic rings. The van der Waals surface area contributed by atoms with Crippen LogP contribution in [-0.2, 0) is 12.8 Å². The van der Waals surface area contributed by atoms with Crippen molar-refractivity contribution >= 4 is 17.2 Å². The van der Waals surface area contributed by atoms with Gasteiger partial charge in [-0.1, -0.05) is 54.1 Å². The maximum Gasteiger partial charge on any atom is 0.163 e. The lowest BCUT2D eigenvalue weighted by molar-refractivity contribution is 0.642. The average Bonchev–Trinajstić information content (AvgIpc) is 3.13. The van der Waals surface area contributed by atoms with Gasteiger partial charge >= 0.3 is 0 Å². The summed E-state index contributed by atoms with van der Waals surface area (Å²) in [6, 6.07) is 18.4. The van der Waals surface area contributed by atoms with Crippen LogP contribution in [-0.4, -0.2) is 14.6 Å². The maximum absolute atomic E-state index is 6.09. The zero-order valence-corrected chi connectivity index (χ0v) is 15.1. The van der Waals surface area contributed by atoms with Gasteiger partial charge in [0.25, 0.3) is 0 Å². The highest BCUT2D eigenvalue weighted by molar-refractivity contribution is 6.30. The fraction of sp³-hybridized carbons (Fsp3) is 0.182. The van der Waals surface area contributed by atoms with Crippen molar-refractivity contribution in [3.63, 3.8) is 0 Å². The van der Waals surface area contributed by atoms with Crippen molar-refractivity contribution in [3.05, 3.63) is 77.1 Å². The van der Waals surface area contributed by atoms with E-state index in [0.29, 0.717) is 0 Å². The number of aromatic nitrogens is 3. The van der Waals surface area contributed by atoms with E-state index in [1.165, 1.54) is 24.1 Å². The molecule has 0 aliphatic heterocycles. The first-order valence-electron chi connectivity index (χ1n) is 9.02. The number of halogens is 1. The smallest absolute Gasteiger partial charge is 0.163 e. The van der Waals surface area contributed by atoms with Crippen LogP contribution < -0.4 is 0 Å². The van der Waals surface area contributed by atoms with Crippen LogP contribution in [0, 0.1) is 0 Å². The molecule has 2 heterocycles. The summed E-state index contributed by atoms with van der Waals surface area (Å²) in [7, 11) is 0. The first kappa shape index (κ1) is 15.6. The molecule has 3 nitrogen and oxygen atoms in total. The van der Waals surface area contributed by atoms with Crippen LogP contribution in [0.2, 0.25) is 5.02 Å². The minimum absolute atomic E-state index is 0.748. The zero-order valence-electron chi connectivity index (χ0n) is 14.3. The van der Waals surface area contributed by atoms with Crippen LogP contribution in [0.5, 0.6) is 0 Å². The molecular formula is C22H18ClN3. The fourth-order valence-corrected chi connectivity index (χ4v) is 3.99. The van der Waals surface area contributed by atoms with Gasteiger partial charge in [0.15, 0.2) is 5.65 Å². The lowest BCUT2D eigenvalue weighted by atomic mass is 9.92. The van der Waals surface area contributed by atoms with Gasteiger partial charge in [0.2, 0.25) is 0 Å². The molecule has 0 atom stereocenters. The minimum Gasteiger partial charge on any atom is -0.228 e. The molecule has 4 heteroatoms. The van der Waals surface area contributed by atoms with Gasteiger partial charge in [0.1, 0.15) is 0 Å². The number of benzene rings is 2. The maximum atomic E-state index is 6.09. The number of hydrogen-bond donors (Lipinski definition) is 0. The molecule has 0 spiro atoms. The van der Waals surface area contributed by atoms with Crippen LogP contribution in [0.1, 0.15) is 24.1 Å². The van der Waals surface area contributed by atoms with E-state index in [9.17, 15) is 0 Å². The average molecular weight is 360 g/mol. The minimum atomic E-state index is 0.748. The molecule has 0 unspecified atom stereocenters. The van der Waals surface area contributed by atoms with E-state index in [-0.39, 0.29) is 0 Å². The highest BCUT2D eigenvalue weighted by Gasteiger charge is 2.22. The van der Waals surface area contributed by atoms with Crippen molar-refractivity contribution in [3.8, 4) is 22.4 Å². The summed E-state index contributed by atoms with van der Waals surface area (Å²) in [6.07, 6.45) is 6.44. The molecule has 4 aromatic rings. The topological polar surface area (TPSA) is 30.2 Å². The molecule has 2 aromatic heterocycles. The molecule has 0 amide bonds. The molecule has 1 aliphatic carbocycles. The van der Waals surface area contributed by atoms with Crippen molar-refractivity contribution in [2.45, 2.75) is 25.7 Å². The van der Waals surface area contributed by atoms with E-state index in [4.69, 9.17) is 21.7 Å². The van der Waals surface area contributed by atoms with Crippen molar-refractivity contribution in [1.29, 1.82) is 0 Å². The van der Waals surface area contributed by atoms with Crippen LogP contribution in [0.4, 0.5) is 0 Å². The predicted molar refractivity (Wildman–Crippen MR) is 106 cm³/mol. The monoisotopic (exact) mass is 359 g/mol. The second kappa shape index (κ2) is 6.26. The molecule has 128 valence electrons. The SMILES string of the molecule is Clc1ccc(-c2nc3c(-c4ccccc4)cnn3c3c2CCCC3)cc1. The molecule has 2 aromatic carbocycles. The summed E-state index contributed by atoms with van der Waals surface area (Å²) in [6.45, 7) is 0. The van der Waals surface area contributed by atoms with Crippen LogP contribution >= 0.6 is 11.6 Å². The molecule has 26 heavy (non-hydrogen) atoms. The molecule has 0 fully saturated rings. The lowest BCUT2D eigenvalue weighted by Gasteiger charge is -2.20. The number of nitrogens with zero attached hydrogens (tertiary/aromatic N) is 3. The summed E-state index contributed by atoms with van der Waals surface area (Å²) >= 11 is 6.09. The summed E-state index contributed by atoms with van der Waals surface area (Å²) in [5.74, 6) is 0. The first-order chi connectivity index (χ1) is 12.8. The van der Waals surface area contributed by atoms with Crippen LogP contribution in [0.15, 0.2) is 60.8 Å². The quantitative estimate of drug-likeness (QED) is 0.466. The van der Waals surface area contributed by atoms with E-state index in [2.05, 4.69) is 40.9 Å². The van der Waals surface area contributed by atoms with Gasteiger partial charge in [0.05, 0.1) is 11.9 Å². The van der Waals surface area contributed by atoms with Crippen molar-refractivity contribution in [2.75, 3.05) is 0 Å². The highest BCUT2D eigenvalue weighted by Crippen LogP contribution is 2.34. The third kappa shape index (κ3) is 2.51. The molecule has 0 saturated heterocycles. The lowest BCUT2D eigenvalue weighted by Crippen LogP contribution is -2.13. The van der Waals surface area contributed by atoms with E-state index in [1.54, 1.807) is 0 Å². The third-order valence-electron chi connectivity index (χ3n) is 5.14. The van der Waals surface area contributed by atoms with Crippen LogP contribution in [0.3, 0.4) is 0 Å². The van der Waals surface area contributed by atoms with Gasteiger partial charge in [-0.3, -0.25) is 0 Å². The van der Waals surface area contributed by atoms with Crippen molar-refractivity contribution in [1.82, 2.24) is 14.6 Å². The number of hydrogen-bond acceptors (Lipinski definition) is 2. The Morgan fingerprint density at radius 3 is 2.42 bits per heavy atom. The Hall–Kier alpha value is -2.65. The molecular weight excluding hydrogens is 342 g/mol. The van der Waals surface area contributed by atoms with Crippen molar-refractivity contribution in [2.24, 2.45) is 0 Å². The summed E-state index contributed by atoms with van der Waals surface area (Å²) in [5, 5.41) is 5.44. The molecule has 5 rings (SSSR count). The zero-order chi connectivity index (χ0) is 17.5. The van der Waals surface area contributed by atoms with Gasteiger partial charge in [-0.2, -0.15) is 5.10 Å². The highest BCUT2D eigenvalue weighted by atomic mass is 35.5. The Bertz CT molecular complexity index is 1080. The normalized spacial score (nSPS) is 13.7. The van der Waals surface area contributed by atoms with E-state index < -0.39 is 0 Å². The largest absolute Gasteiger partial charge is 0.228 e. The summed E-state index contributed by atoms with van der Waals surface area (Å²) in [5.41, 5.74) is 7.97. The Labute approximate surface area is 157 Å². The summed E-state index contributed by atoms with van der Waals surface area (Å²) < 4.78 is 2.05. The van der Waals surface area contributed by atoms with E-state index in [1.807, 2.05) is 24.4 Å². The fourth-order valence-electron chi connectivity index (χ4n) is 3.87. The van der Waals surface area contributed by atoms with Crippen LogP contribution in [0.25, 0.3) is 28.0 Å². The van der Waals surface area contributed by atoms with Gasteiger partial charge < -0.3 is 0 Å². The molecule has 0 radical (unpaired) electrons. The van der Waals surface area contributed by atoms with Gasteiger partial charge in [-0.05, 0) is 43.4 Å². The second-order valence-corrected chi connectivity index (χ2v) is 7.20. The second-order valence-electron chi connectivity index (χ2n) is 6.76. The summed E-state index contributed by atoms with van der Waals surface area (Å²) in [4.78, 5) is 5.08.